The average Bonchev–Trinajstić information content (AvgIpc) is 2.61. The number of pyridine rings is 1. The molecule has 2 heterocycles. The van der Waals surface area contributed by atoms with Crippen LogP contribution in [-0.4, -0.2) is 21.5 Å². The van der Waals surface area contributed by atoms with E-state index in [1.165, 1.54) is 18.4 Å². The van der Waals surface area contributed by atoms with Crippen LogP contribution >= 0.6 is 0 Å². The van der Waals surface area contributed by atoms with Crippen LogP contribution in [0.15, 0.2) is 24.7 Å². The summed E-state index contributed by atoms with van der Waals surface area (Å²) in [4.78, 5) is 13.4. The van der Waals surface area contributed by atoms with Crippen LogP contribution in [0.2, 0.25) is 0 Å². The first kappa shape index (κ1) is 19.3. The van der Waals surface area contributed by atoms with Crippen LogP contribution in [-0.2, 0) is 12.8 Å². The molecule has 0 saturated carbocycles. The van der Waals surface area contributed by atoms with Crippen LogP contribution < -0.4 is 11.1 Å². The Kier molecular flexibility index (Phi) is 7.79. The summed E-state index contributed by atoms with van der Waals surface area (Å²) in [5.74, 6) is 1.38. The molecule has 0 aromatic carbocycles. The molecule has 0 radical (unpaired) electrons. The monoisotopic (exact) mass is 341 g/mol. The molecule has 3 N–H and O–H groups in total. The molecule has 0 spiro atoms. The molecule has 1 unspecified atom stereocenters. The van der Waals surface area contributed by atoms with Crippen LogP contribution in [0.1, 0.15) is 56.4 Å². The number of nitrogens with zero attached hydrogens (tertiary/aromatic N) is 3. The van der Waals surface area contributed by atoms with Crippen molar-refractivity contribution in [1.29, 1.82) is 0 Å². The van der Waals surface area contributed by atoms with Gasteiger partial charge in [-0.1, -0.05) is 26.7 Å². The number of nitrogens with two attached hydrogens (primary N) is 1. The van der Waals surface area contributed by atoms with Crippen molar-refractivity contribution in [2.75, 3.05) is 11.9 Å². The minimum absolute atomic E-state index is 0.647. The second-order valence-electron chi connectivity index (χ2n) is 6.64. The molecule has 136 valence electrons. The summed E-state index contributed by atoms with van der Waals surface area (Å²) in [5.41, 5.74) is 10.1. The fourth-order valence-electron chi connectivity index (χ4n) is 3.11. The standard InChI is InChI=1S/C20H31N5/c1-4-16(9-10-21)7-6-8-19-17(5-2)13-23-20(25-19)24-18-11-15(3)12-22-14-18/h11-14,16H,4-10,21H2,1-3H3,(H,23,24,25). The van der Waals surface area contributed by atoms with E-state index >= 15 is 0 Å². The maximum absolute atomic E-state index is 5.70. The molecule has 0 aliphatic carbocycles. The van der Waals surface area contributed by atoms with Gasteiger partial charge in [0.15, 0.2) is 0 Å². The van der Waals surface area contributed by atoms with E-state index in [9.17, 15) is 0 Å². The van der Waals surface area contributed by atoms with Gasteiger partial charge in [0, 0.05) is 18.1 Å². The molecule has 0 fully saturated rings. The minimum Gasteiger partial charge on any atom is -0.330 e. The molecule has 0 aliphatic rings. The molecule has 2 rings (SSSR count). The number of rotatable bonds is 10. The first-order valence-corrected chi connectivity index (χ1v) is 9.39. The van der Waals surface area contributed by atoms with Crippen molar-refractivity contribution in [3.63, 3.8) is 0 Å². The number of aryl methyl sites for hydroxylation is 3. The van der Waals surface area contributed by atoms with Crippen molar-refractivity contribution in [1.82, 2.24) is 15.0 Å². The van der Waals surface area contributed by atoms with E-state index in [2.05, 4.69) is 29.1 Å². The van der Waals surface area contributed by atoms with E-state index in [-0.39, 0.29) is 0 Å². The average molecular weight is 342 g/mol. The summed E-state index contributed by atoms with van der Waals surface area (Å²) in [6.07, 6.45) is 12.2. The van der Waals surface area contributed by atoms with Crippen LogP contribution in [0, 0.1) is 12.8 Å². The van der Waals surface area contributed by atoms with Gasteiger partial charge in [0.05, 0.1) is 11.9 Å². The molecule has 2 aromatic heterocycles. The van der Waals surface area contributed by atoms with Crippen LogP contribution in [0.5, 0.6) is 0 Å². The maximum Gasteiger partial charge on any atom is 0.227 e. The van der Waals surface area contributed by atoms with Gasteiger partial charge < -0.3 is 11.1 Å². The maximum atomic E-state index is 5.70. The third-order valence-corrected chi connectivity index (χ3v) is 4.64. The first-order valence-electron chi connectivity index (χ1n) is 9.39. The second kappa shape index (κ2) is 10.1. The lowest BCUT2D eigenvalue weighted by Crippen LogP contribution is -2.09. The van der Waals surface area contributed by atoms with Crippen LogP contribution in [0.4, 0.5) is 11.6 Å². The summed E-state index contributed by atoms with van der Waals surface area (Å²) < 4.78 is 0. The Morgan fingerprint density at radius 3 is 2.68 bits per heavy atom. The fourth-order valence-corrected chi connectivity index (χ4v) is 3.11. The number of aromatic nitrogens is 3. The van der Waals surface area contributed by atoms with Crippen molar-refractivity contribution in [3.05, 3.63) is 41.5 Å². The summed E-state index contributed by atoms with van der Waals surface area (Å²) >= 11 is 0. The topological polar surface area (TPSA) is 76.7 Å². The largest absolute Gasteiger partial charge is 0.330 e. The van der Waals surface area contributed by atoms with E-state index in [1.807, 2.05) is 25.4 Å². The molecule has 0 saturated heterocycles. The molecule has 5 nitrogen and oxygen atoms in total. The van der Waals surface area contributed by atoms with E-state index in [0.29, 0.717) is 5.95 Å². The molecule has 0 bridgehead atoms. The van der Waals surface area contributed by atoms with Gasteiger partial charge in [0.25, 0.3) is 0 Å². The van der Waals surface area contributed by atoms with Crippen molar-refractivity contribution < 1.29 is 0 Å². The van der Waals surface area contributed by atoms with E-state index in [0.717, 1.165) is 55.1 Å². The Morgan fingerprint density at radius 2 is 2.00 bits per heavy atom. The third-order valence-electron chi connectivity index (χ3n) is 4.64. The lowest BCUT2D eigenvalue weighted by Gasteiger charge is -2.14. The van der Waals surface area contributed by atoms with E-state index < -0.39 is 0 Å². The number of anilines is 2. The molecular weight excluding hydrogens is 310 g/mol. The van der Waals surface area contributed by atoms with Gasteiger partial charge >= 0.3 is 0 Å². The quantitative estimate of drug-likeness (QED) is 0.678. The predicted octanol–water partition coefficient (Wildman–Crippen LogP) is 4.18. The zero-order valence-corrected chi connectivity index (χ0v) is 15.8. The molecule has 2 aromatic rings. The molecular formula is C20H31N5. The summed E-state index contributed by atoms with van der Waals surface area (Å²) in [5, 5.41) is 3.27. The number of hydrogen-bond donors (Lipinski definition) is 2. The highest BCUT2D eigenvalue weighted by Crippen LogP contribution is 2.19. The molecule has 0 aliphatic heterocycles. The Bertz CT molecular complexity index is 656. The van der Waals surface area contributed by atoms with Crippen molar-refractivity contribution in [2.24, 2.45) is 11.7 Å². The zero-order valence-electron chi connectivity index (χ0n) is 15.8. The molecule has 1 atom stereocenters. The molecule has 0 amide bonds. The summed E-state index contributed by atoms with van der Waals surface area (Å²) in [6.45, 7) is 7.21. The lowest BCUT2D eigenvalue weighted by atomic mass is 9.94. The van der Waals surface area contributed by atoms with Gasteiger partial charge in [-0.2, -0.15) is 0 Å². The van der Waals surface area contributed by atoms with Gasteiger partial charge in [0.2, 0.25) is 5.95 Å². The Hall–Kier alpha value is -2.01. The van der Waals surface area contributed by atoms with Crippen molar-refractivity contribution in [2.45, 2.75) is 59.3 Å². The Labute approximate surface area is 151 Å². The Morgan fingerprint density at radius 1 is 1.16 bits per heavy atom. The SMILES string of the molecule is CCc1cnc(Nc2cncc(C)c2)nc1CCCC(CC)CCN. The predicted molar refractivity (Wildman–Crippen MR) is 104 cm³/mol. The van der Waals surface area contributed by atoms with Gasteiger partial charge in [-0.05, 0) is 62.3 Å². The highest BCUT2D eigenvalue weighted by Gasteiger charge is 2.09. The molecule has 25 heavy (non-hydrogen) atoms. The van der Waals surface area contributed by atoms with Gasteiger partial charge in [-0.3, -0.25) is 4.98 Å². The fraction of sp³-hybridized carbons (Fsp3) is 0.550. The van der Waals surface area contributed by atoms with Crippen molar-refractivity contribution in [3.8, 4) is 0 Å². The Balaban J connectivity index is 2.03. The second-order valence-corrected chi connectivity index (χ2v) is 6.64. The van der Waals surface area contributed by atoms with Crippen LogP contribution in [0.3, 0.4) is 0 Å². The van der Waals surface area contributed by atoms with E-state index in [1.54, 1.807) is 6.20 Å². The van der Waals surface area contributed by atoms with Gasteiger partial charge in [-0.15, -0.1) is 0 Å². The first-order chi connectivity index (χ1) is 12.2. The van der Waals surface area contributed by atoms with Gasteiger partial charge in [-0.25, -0.2) is 9.97 Å². The summed E-state index contributed by atoms with van der Waals surface area (Å²) in [6, 6.07) is 2.04. The highest BCUT2D eigenvalue weighted by atomic mass is 15.1. The lowest BCUT2D eigenvalue weighted by molar-refractivity contribution is 0.428. The van der Waals surface area contributed by atoms with Crippen molar-refractivity contribution >= 4 is 11.6 Å². The zero-order chi connectivity index (χ0) is 18.1. The summed E-state index contributed by atoms with van der Waals surface area (Å²) in [7, 11) is 0. The van der Waals surface area contributed by atoms with Gasteiger partial charge in [0.1, 0.15) is 0 Å². The normalized spacial score (nSPS) is 12.2. The molecule has 5 heteroatoms. The highest BCUT2D eigenvalue weighted by molar-refractivity contribution is 5.52. The third kappa shape index (κ3) is 6.09. The smallest absolute Gasteiger partial charge is 0.227 e. The van der Waals surface area contributed by atoms with E-state index in [4.69, 9.17) is 10.7 Å². The number of hydrogen-bond acceptors (Lipinski definition) is 5. The minimum atomic E-state index is 0.647. The number of nitrogens with one attached hydrogen (secondary N) is 1. The van der Waals surface area contributed by atoms with Crippen LogP contribution in [0.25, 0.3) is 0 Å².